The molecule has 1 saturated heterocycles. The topological polar surface area (TPSA) is 101 Å². The second-order valence-electron chi connectivity index (χ2n) is 9.76. The Balaban J connectivity index is 1.31. The molecular weight excluding hydrogens is 493 g/mol. The third-order valence-corrected chi connectivity index (χ3v) is 7.94. The molecule has 190 valence electrons. The van der Waals surface area contributed by atoms with Gasteiger partial charge in [-0.25, -0.2) is 23.1 Å². The second kappa shape index (κ2) is 8.75. The third kappa shape index (κ3) is 4.42. The molecule has 12 heteroatoms. The molecule has 2 fully saturated rings. The van der Waals surface area contributed by atoms with E-state index in [1.807, 2.05) is 0 Å². The van der Waals surface area contributed by atoms with Crippen molar-refractivity contribution in [1.29, 1.82) is 0 Å². The number of carbonyl (C=O) groups excluding carboxylic acids is 2. The van der Waals surface area contributed by atoms with Crippen LogP contribution in [0.15, 0.2) is 18.5 Å². The number of nitrogens with one attached hydrogen (secondary N) is 1. The number of hydrogen-bond acceptors (Lipinski definition) is 8. The van der Waals surface area contributed by atoms with Crippen LogP contribution in [0.1, 0.15) is 60.2 Å². The molecule has 0 spiro atoms. The lowest BCUT2D eigenvalue weighted by atomic mass is 9.84. The number of pyridine rings is 1. The summed E-state index contributed by atoms with van der Waals surface area (Å²) in [5, 5.41) is 3.80. The van der Waals surface area contributed by atoms with Crippen LogP contribution >= 0.6 is 11.3 Å². The lowest BCUT2D eigenvalue weighted by Gasteiger charge is -2.39. The van der Waals surface area contributed by atoms with Crippen LogP contribution in [0.3, 0.4) is 0 Å². The zero-order valence-electron chi connectivity index (χ0n) is 20.0. The van der Waals surface area contributed by atoms with Crippen molar-refractivity contribution >= 4 is 39.3 Å². The van der Waals surface area contributed by atoms with Crippen LogP contribution in [-0.4, -0.2) is 55.5 Å². The monoisotopic (exact) mass is 518 g/mol. The van der Waals surface area contributed by atoms with E-state index in [1.54, 1.807) is 18.7 Å². The predicted molar refractivity (Wildman–Crippen MR) is 127 cm³/mol. The van der Waals surface area contributed by atoms with Gasteiger partial charge >= 0.3 is 0 Å². The molecule has 1 saturated carbocycles. The summed E-state index contributed by atoms with van der Waals surface area (Å²) in [7, 11) is 0. The van der Waals surface area contributed by atoms with Gasteiger partial charge in [-0.05, 0) is 38.3 Å². The Bertz CT molecular complexity index is 1350. The van der Waals surface area contributed by atoms with Gasteiger partial charge < -0.3 is 10.2 Å². The Morgan fingerprint density at radius 1 is 1.25 bits per heavy atom. The molecule has 5 rings (SSSR count). The molecule has 36 heavy (non-hydrogen) atoms. The number of alkyl halides is 2. The number of amides is 1. The Hall–Kier alpha value is -3.15. The number of anilines is 1. The average molecular weight is 519 g/mol. The zero-order chi connectivity index (χ0) is 25.8. The van der Waals surface area contributed by atoms with Crippen molar-refractivity contribution in [2.75, 3.05) is 18.4 Å². The van der Waals surface area contributed by atoms with Crippen molar-refractivity contribution in [2.45, 2.75) is 52.0 Å². The highest BCUT2D eigenvalue weighted by Gasteiger charge is 2.64. The standard InChI is InChI=1S/C24H25F3N6O2S/c1-12(15-7-16(25)9-28-8-15)29-22-31-18(19-20(32-22)30-13(2)36-19)21(35)33-10-14(11-33)6-17(34)24(4-5-24)23(3,26)27/h7-9,12,14H,4-6,10-11H2,1-3H3,(H,29,31,32)/t12-/m0/s1. The van der Waals surface area contributed by atoms with Gasteiger partial charge in [-0.3, -0.25) is 14.6 Å². The molecule has 1 N–H and O–H groups in total. The molecule has 1 atom stereocenters. The molecular formula is C24H25F3N6O2S. The maximum absolute atomic E-state index is 13.9. The van der Waals surface area contributed by atoms with Crippen molar-refractivity contribution in [1.82, 2.24) is 24.8 Å². The summed E-state index contributed by atoms with van der Waals surface area (Å²) in [6, 6.07) is 0.961. The van der Waals surface area contributed by atoms with E-state index >= 15 is 0 Å². The average Bonchev–Trinajstić information content (AvgIpc) is 3.52. The predicted octanol–water partition coefficient (Wildman–Crippen LogP) is 4.57. The first kappa shape index (κ1) is 24.5. The number of nitrogens with zero attached hydrogens (tertiary/aromatic N) is 5. The Kier molecular flexibility index (Phi) is 5.97. The quantitative estimate of drug-likeness (QED) is 0.466. The number of Topliss-reactive ketones (excluding diaryl/α,β-unsaturated/α-hetero) is 1. The minimum Gasteiger partial charge on any atom is -0.348 e. The van der Waals surface area contributed by atoms with E-state index in [0.717, 1.165) is 18.1 Å². The summed E-state index contributed by atoms with van der Waals surface area (Å²) < 4.78 is 41.9. The first-order chi connectivity index (χ1) is 17.0. The summed E-state index contributed by atoms with van der Waals surface area (Å²) in [6.45, 7) is 5.00. The van der Waals surface area contributed by atoms with E-state index in [4.69, 9.17) is 0 Å². The van der Waals surface area contributed by atoms with Crippen LogP contribution in [0.4, 0.5) is 19.1 Å². The molecule has 1 amide bonds. The van der Waals surface area contributed by atoms with Gasteiger partial charge in [0.15, 0.2) is 11.3 Å². The highest BCUT2D eigenvalue weighted by Crippen LogP contribution is 2.58. The lowest BCUT2D eigenvalue weighted by molar-refractivity contribution is -0.141. The minimum absolute atomic E-state index is 0.0397. The number of rotatable bonds is 8. The van der Waals surface area contributed by atoms with Crippen molar-refractivity contribution in [3.05, 3.63) is 40.5 Å². The maximum Gasteiger partial charge on any atom is 0.274 e. The van der Waals surface area contributed by atoms with E-state index in [2.05, 4.69) is 25.3 Å². The lowest BCUT2D eigenvalue weighted by Crippen LogP contribution is -2.51. The second-order valence-corrected chi connectivity index (χ2v) is 11.0. The Morgan fingerprint density at radius 3 is 2.61 bits per heavy atom. The van der Waals surface area contributed by atoms with Crippen LogP contribution in [0.2, 0.25) is 0 Å². The molecule has 3 aromatic heterocycles. The number of fused-ring (bicyclic) bond motifs is 1. The normalized spacial score (nSPS) is 18.1. The third-order valence-electron chi connectivity index (χ3n) is 6.98. The fraction of sp³-hybridized carbons (Fsp3) is 0.500. The van der Waals surface area contributed by atoms with E-state index in [9.17, 15) is 22.8 Å². The largest absolute Gasteiger partial charge is 0.348 e. The summed E-state index contributed by atoms with van der Waals surface area (Å²) in [4.78, 5) is 44.5. The van der Waals surface area contributed by atoms with Crippen molar-refractivity contribution in [3.63, 3.8) is 0 Å². The summed E-state index contributed by atoms with van der Waals surface area (Å²) in [5.41, 5.74) is -0.384. The molecule has 0 aromatic carbocycles. The Labute approximate surface area is 209 Å². The van der Waals surface area contributed by atoms with Crippen LogP contribution in [0.25, 0.3) is 10.3 Å². The smallest absolute Gasteiger partial charge is 0.274 e. The van der Waals surface area contributed by atoms with Gasteiger partial charge in [0.1, 0.15) is 16.3 Å². The number of hydrogen-bond donors (Lipinski definition) is 1. The highest BCUT2D eigenvalue weighted by molar-refractivity contribution is 7.18. The Morgan fingerprint density at radius 2 is 1.97 bits per heavy atom. The van der Waals surface area contributed by atoms with Gasteiger partial charge in [0, 0.05) is 38.5 Å². The summed E-state index contributed by atoms with van der Waals surface area (Å²) in [5.74, 6) is -4.23. The van der Waals surface area contributed by atoms with E-state index in [1.165, 1.54) is 23.6 Å². The molecule has 1 aliphatic carbocycles. The molecule has 4 heterocycles. The highest BCUT2D eigenvalue weighted by atomic mass is 32.1. The number of ketones is 1. The van der Waals surface area contributed by atoms with Crippen molar-refractivity contribution < 1.29 is 22.8 Å². The summed E-state index contributed by atoms with van der Waals surface area (Å²) in [6.07, 6.45) is 3.11. The molecule has 0 bridgehead atoms. The van der Waals surface area contributed by atoms with E-state index in [0.29, 0.717) is 29.0 Å². The minimum atomic E-state index is -3.03. The number of aryl methyl sites for hydroxylation is 1. The van der Waals surface area contributed by atoms with E-state index in [-0.39, 0.29) is 48.8 Å². The molecule has 2 aliphatic rings. The number of likely N-dealkylation sites (tertiary alicyclic amines) is 1. The van der Waals surface area contributed by atoms with Gasteiger partial charge in [0.25, 0.3) is 11.8 Å². The molecule has 3 aromatic rings. The SMILES string of the molecule is Cc1nc2nc(N[C@@H](C)c3cncc(F)c3)nc(C(=O)N3CC(CC(=O)C4(C(C)(F)F)CC4)C3)c2s1. The maximum atomic E-state index is 13.9. The molecule has 0 radical (unpaired) electrons. The molecule has 1 aliphatic heterocycles. The van der Waals surface area contributed by atoms with Gasteiger partial charge in [0.05, 0.1) is 22.7 Å². The fourth-order valence-electron chi connectivity index (χ4n) is 4.64. The number of carbonyl (C=O) groups is 2. The molecule has 8 nitrogen and oxygen atoms in total. The van der Waals surface area contributed by atoms with Crippen molar-refractivity contribution in [3.8, 4) is 0 Å². The molecule has 0 unspecified atom stereocenters. The number of aromatic nitrogens is 4. The van der Waals surface area contributed by atoms with Crippen molar-refractivity contribution in [2.24, 2.45) is 11.3 Å². The van der Waals surface area contributed by atoms with Crippen LogP contribution in [0.5, 0.6) is 0 Å². The zero-order valence-corrected chi connectivity index (χ0v) is 20.8. The first-order valence-electron chi connectivity index (χ1n) is 11.7. The van der Waals surface area contributed by atoms with Crippen LogP contribution in [-0.2, 0) is 4.79 Å². The van der Waals surface area contributed by atoms with E-state index < -0.39 is 22.9 Å². The number of halogens is 3. The van der Waals surface area contributed by atoms with Gasteiger partial charge in [-0.1, -0.05) is 0 Å². The van der Waals surface area contributed by atoms with Gasteiger partial charge in [-0.15, -0.1) is 11.3 Å². The van der Waals surface area contributed by atoms with Gasteiger partial charge in [-0.2, -0.15) is 4.98 Å². The van der Waals surface area contributed by atoms with Gasteiger partial charge in [0.2, 0.25) is 5.95 Å². The summed E-state index contributed by atoms with van der Waals surface area (Å²) >= 11 is 1.30. The van der Waals surface area contributed by atoms with Crippen LogP contribution in [0, 0.1) is 24.1 Å². The first-order valence-corrected chi connectivity index (χ1v) is 12.5. The fourth-order valence-corrected chi connectivity index (χ4v) is 5.48. The number of thiazole rings is 1. The van der Waals surface area contributed by atoms with Crippen LogP contribution < -0.4 is 5.32 Å².